The second-order valence-corrected chi connectivity index (χ2v) is 9.95. The van der Waals surface area contributed by atoms with Crippen molar-refractivity contribution in [1.29, 1.82) is 0 Å². The number of H-pyrrole nitrogens is 1. The monoisotopic (exact) mass is 534 g/mol. The Morgan fingerprint density at radius 1 is 0.974 bits per heavy atom. The Morgan fingerprint density at radius 2 is 1.87 bits per heavy atom. The Hall–Kier alpha value is -5.09. The maximum Gasteiger partial charge on any atom is 0.255 e. The molecule has 3 aromatic heterocycles. The van der Waals surface area contributed by atoms with E-state index in [9.17, 15) is 9.90 Å². The van der Waals surface area contributed by atoms with Gasteiger partial charge in [-0.2, -0.15) is 0 Å². The number of carbonyl (C=O) groups excluding carboxylic acids is 1. The minimum atomic E-state index is -0.257. The zero-order valence-electron chi connectivity index (χ0n) is 21.0. The maximum absolute atomic E-state index is 13.1. The molecule has 3 heterocycles. The quantitative estimate of drug-likeness (QED) is 0.236. The number of methoxy groups -OCH3 is 1. The number of aromatic hydroxyl groups is 1. The third kappa shape index (κ3) is 4.80. The number of pyridine rings is 1. The molecular weight excluding hydrogens is 512 g/mol. The van der Waals surface area contributed by atoms with E-state index >= 15 is 0 Å². The van der Waals surface area contributed by atoms with Gasteiger partial charge in [-0.25, -0.2) is 9.97 Å². The average Bonchev–Trinajstić information content (AvgIpc) is 3.59. The molecule has 39 heavy (non-hydrogen) atoms. The molecule has 0 saturated carbocycles. The Morgan fingerprint density at radius 3 is 2.69 bits per heavy atom. The summed E-state index contributed by atoms with van der Waals surface area (Å²) in [6.45, 7) is 1.90. The van der Waals surface area contributed by atoms with Crippen LogP contribution in [0.25, 0.3) is 44.1 Å². The smallest absolute Gasteiger partial charge is 0.255 e. The number of aryl methyl sites for hydroxylation is 1. The number of carbonyl (C=O) groups is 1. The summed E-state index contributed by atoms with van der Waals surface area (Å²) >= 11 is 1.50. The lowest BCUT2D eigenvalue weighted by Crippen LogP contribution is -2.11. The SMILES string of the molecule is COc1ncccc1-c1ccc(O)c(-c2nc3ccc(C(=O)Nc4cccc(-c5nnc(C)s5)c4)cc3[nH]2)c1. The fraction of sp³-hybridized carbons (Fsp3) is 0.0690. The number of fused-ring (bicyclic) bond motifs is 1. The summed E-state index contributed by atoms with van der Waals surface area (Å²) in [6, 6.07) is 21.7. The number of nitrogens with zero attached hydrogens (tertiary/aromatic N) is 4. The zero-order chi connectivity index (χ0) is 26.9. The highest BCUT2D eigenvalue weighted by atomic mass is 32.1. The van der Waals surface area contributed by atoms with Crippen molar-refractivity contribution in [2.45, 2.75) is 6.92 Å². The van der Waals surface area contributed by atoms with Crippen LogP contribution >= 0.6 is 11.3 Å². The van der Waals surface area contributed by atoms with Gasteiger partial charge in [0.2, 0.25) is 5.88 Å². The van der Waals surface area contributed by atoms with Crippen LogP contribution in [0, 0.1) is 6.92 Å². The molecule has 0 unspecified atom stereocenters. The van der Waals surface area contributed by atoms with E-state index in [0.717, 1.165) is 26.7 Å². The predicted molar refractivity (Wildman–Crippen MR) is 151 cm³/mol. The van der Waals surface area contributed by atoms with Gasteiger partial charge in [0.15, 0.2) is 0 Å². The Kier molecular flexibility index (Phi) is 6.22. The van der Waals surface area contributed by atoms with Gasteiger partial charge in [0.25, 0.3) is 5.91 Å². The molecule has 9 nitrogen and oxygen atoms in total. The van der Waals surface area contributed by atoms with E-state index in [1.807, 2.05) is 49.4 Å². The van der Waals surface area contributed by atoms with Crippen molar-refractivity contribution in [2.24, 2.45) is 0 Å². The van der Waals surface area contributed by atoms with Gasteiger partial charge in [0.05, 0.1) is 23.7 Å². The summed E-state index contributed by atoms with van der Waals surface area (Å²) in [7, 11) is 1.57. The number of hydrogen-bond donors (Lipinski definition) is 3. The average molecular weight is 535 g/mol. The number of anilines is 1. The number of phenolic OH excluding ortho intramolecular Hbond substituents is 1. The molecule has 0 fully saturated rings. The molecule has 0 aliphatic rings. The molecule has 0 radical (unpaired) electrons. The number of phenols is 1. The van der Waals surface area contributed by atoms with Crippen molar-refractivity contribution in [2.75, 3.05) is 12.4 Å². The molecule has 0 aliphatic heterocycles. The summed E-state index contributed by atoms with van der Waals surface area (Å²) in [5.41, 5.74) is 5.47. The number of hydrogen-bond acceptors (Lipinski definition) is 8. The minimum absolute atomic E-state index is 0.0733. The van der Waals surface area contributed by atoms with Crippen LogP contribution in [0.15, 0.2) is 79.0 Å². The van der Waals surface area contributed by atoms with Crippen molar-refractivity contribution >= 4 is 34.0 Å². The highest BCUT2D eigenvalue weighted by Crippen LogP contribution is 2.36. The first-order valence-electron chi connectivity index (χ1n) is 12.0. The number of aromatic amines is 1. The lowest BCUT2D eigenvalue weighted by atomic mass is 10.0. The molecule has 10 heteroatoms. The lowest BCUT2D eigenvalue weighted by molar-refractivity contribution is 0.102. The van der Waals surface area contributed by atoms with Crippen molar-refractivity contribution in [1.82, 2.24) is 25.1 Å². The van der Waals surface area contributed by atoms with Crippen LogP contribution in [0.2, 0.25) is 0 Å². The Balaban J connectivity index is 1.28. The van der Waals surface area contributed by atoms with Gasteiger partial charge in [-0.15, -0.1) is 10.2 Å². The summed E-state index contributed by atoms with van der Waals surface area (Å²) < 4.78 is 5.39. The van der Waals surface area contributed by atoms with E-state index < -0.39 is 0 Å². The fourth-order valence-corrected chi connectivity index (χ4v) is 4.98. The zero-order valence-corrected chi connectivity index (χ0v) is 21.8. The topological polar surface area (TPSA) is 126 Å². The Bertz CT molecular complexity index is 1840. The lowest BCUT2D eigenvalue weighted by Gasteiger charge is -2.09. The van der Waals surface area contributed by atoms with Crippen LogP contribution < -0.4 is 10.1 Å². The Labute approximate surface area is 227 Å². The van der Waals surface area contributed by atoms with E-state index in [4.69, 9.17) is 4.74 Å². The largest absolute Gasteiger partial charge is 0.507 e. The first kappa shape index (κ1) is 24.3. The molecule has 0 spiro atoms. The second kappa shape index (κ2) is 9.99. The molecule has 1 amide bonds. The maximum atomic E-state index is 13.1. The summed E-state index contributed by atoms with van der Waals surface area (Å²) in [5.74, 6) is 0.777. The second-order valence-electron chi connectivity index (χ2n) is 8.77. The standard InChI is InChI=1S/C29H22N6O3S/c1-16-34-35-29(39-16)19-5-3-6-20(13-19)31-27(37)18-8-10-23-24(15-18)33-26(32-23)22-14-17(9-11-25(22)36)21-7-4-12-30-28(21)38-2/h3-15,36H,1-2H3,(H,31,37)(H,32,33). The molecule has 0 bridgehead atoms. The van der Waals surface area contributed by atoms with Gasteiger partial charge in [-0.3, -0.25) is 4.79 Å². The first-order valence-corrected chi connectivity index (χ1v) is 12.8. The molecule has 6 rings (SSSR count). The molecule has 0 saturated heterocycles. The summed E-state index contributed by atoms with van der Waals surface area (Å²) in [6.07, 6.45) is 1.66. The van der Waals surface area contributed by atoms with Gasteiger partial charge in [-0.1, -0.05) is 29.5 Å². The third-order valence-electron chi connectivity index (χ3n) is 6.16. The summed E-state index contributed by atoms with van der Waals surface area (Å²) in [5, 5.41) is 23.5. The van der Waals surface area contributed by atoms with Gasteiger partial charge >= 0.3 is 0 Å². The van der Waals surface area contributed by atoms with E-state index in [1.165, 1.54) is 11.3 Å². The molecule has 6 aromatic rings. The van der Waals surface area contributed by atoms with Crippen LogP contribution in [-0.2, 0) is 0 Å². The number of rotatable bonds is 6. The van der Waals surface area contributed by atoms with Gasteiger partial charge in [0, 0.05) is 28.6 Å². The molecule has 0 atom stereocenters. The van der Waals surface area contributed by atoms with Gasteiger partial charge in [0.1, 0.15) is 21.6 Å². The van der Waals surface area contributed by atoms with Crippen LogP contribution in [0.1, 0.15) is 15.4 Å². The number of ether oxygens (including phenoxy) is 1. The molecule has 3 aromatic carbocycles. The van der Waals surface area contributed by atoms with Crippen molar-refractivity contribution in [3.05, 3.63) is 89.6 Å². The van der Waals surface area contributed by atoms with E-state index in [1.54, 1.807) is 43.6 Å². The molecular formula is C29H22N6O3S. The van der Waals surface area contributed by atoms with Crippen LogP contribution in [0.3, 0.4) is 0 Å². The molecule has 0 aliphatic carbocycles. The van der Waals surface area contributed by atoms with Crippen LogP contribution in [0.5, 0.6) is 11.6 Å². The van der Waals surface area contributed by atoms with Crippen LogP contribution in [0.4, 0.5) is 5.69 Å². The van der Waals surface area contributed by atoms with Crippen LogP contribution in [-0.4, -0.2) is 43.3 Å². The first-order chi connectivity index (χ1) is 19.0. The number of nitrogens with one attached hydrogen (secondary N) is 2. The summed E-state index contributed by atoms with van der Waals surface area (Å²) in [4.78, 5) is 25.2. The fourth-order valence-electron chi connectivity index (χ4n) is 4.29. The van der Waals surface area contributed by atoms with E-state index in [-0.39, 0.29) is 11.7 Å². The number of benzene rings is 3. The van der Waals surface area contributed by atoms with Gasteiger partial charge in [-0.05, 0) is 67.1 Å². The molecule has 192 valence electrons. The highest BCUT2D eigenvalue weighted by Gasteiger charge is 2.16. The minimum Gasteiger partial charge on any atom is -0.507 e. The molecule has 3 N–H and O–H groups in total. The van der Waals surface area contributed by atoms with Crippen molar-refractivity contribution < 1.29 is 14.6 Å². The van der Waals surface area contributed by atoms with Crippen molar-refractivity contribution in [3.63, 3.8) is 0 Å². The van der Waals surface area contributed by atoms with Crippen molar-refractivity contribution in [3.8, 4) is 44.7 Å². The normalized spacial score (nSPS) is 11.0. The van der Waals surface area contributed by atoms with E-state index in [0.29, 0.717) is 39.6 Å². The van der Waals surface area contributed by atoms with E-state index in [2.05, 4.69) is 30.5 Å². The number of aromatic nitrogens is 5. The highest BCUT2D eigenvalue weighted by molar-refractivity contribution is 7.14. The van der Waals surface area contributed by atoms with Gasteiger partial charge < -0.3 is 20.1 Å². The predicted octanol–water partition coefficient (Wildman–Crippen LogP) is 6.09. The third-order valence-corrected chi connectivity index (χ3v) is 7.05. The number of amides is 1. The number of imidazole rings is 1.